The number of likely N-dealkylation sites (tertiary alicyclic amines) is 1. The summed E-state index contributed by atoms with van der Waals surface area (Å²) in [5, 5.41) is 0. The Morgan fingerprint density at radius 2 is 1.72 bits per heavy atom. The molecule has 10 heteroatoms. The summed E-state index contributed by atoms with van der Waals surface area (Å²) in [5.74, 6) is -0.494. The maximum Gasteiger partial charge on any atom is 0.411 e. The molecule has 0 bridgehead atoms. The molecule has 2 aliphatic rings. The minimum atomic E-state index is -4.62. The number of nitrogens with zero attached hydrogens (tertiary/aromatic N) is 2. The highest BCUT2D eigenvalue weighted by Gasteiger charge is 2.48. The molecular weight excluding hydrogens is 477 g/mol. The third kappa shape index (κ3) is 6.21. The first-order chi connectivity index (χ1) is 16.9. The highest BCUT2D eigenvalue weighted by molar-refractivity contribution is 5.68. The van der Waals surface area contributed by atoms with Crippen LogP contribution in [0.2, 0.25) is 0 Å². The lowest BCUT2D eigenvalue weighted by Crippen LogP contribution is -2.42. The van der Waals surface area contributed by atoms with E-state index < -0.39 is 29.0 Å². The average molecular weight is 509 g/mol. The summed E-state index contributed by atoms with van der Waals surface area (Å²) in [5.41, 5.74) is 0.424. The van der Waals surface area contributed by atoms with E-state index >= 15 is 0 Å². The van der Waals surface area contributed by atoms with Gasteiger partial charge in [0.15, 0.2) is 6.04 Å². The van der Waals surface area contributed by atoms with Crippen molar-refractivity contribution in [1.82, 2.24) is 9.80 Å². The van der Waals surface area contributed by atoms with Gasteiger partial charge in [-0.1, -0.05) is 24.3 Å². The Kier molecular flexibility index (Phi) is 7.36. The number of carbonyl (C=O) groups is 1. The van der Waals surface area contributed by atoms with Crippen LogP contribution in [0.3, 0.4) is 0 Å². The summed E-state index contributed by atoms with van der Waals surface area (Å²) in [6.07, 6.45) is -2.70. The van der Waals surface area contributed by atoms with Crippen molar-refractivity contribution in [2.24, 2.45) is 5.92 Å². The Labute approximate surface area is 207 Å². The van der Waals surface area contributed by atoms with E-state index in [1.165, 1.54) is 4.90 Å². The molecule has 4 rings (SSSR count). The summed E-state index contributed by atoms with van der Waals surface area (Å²) < 4.78 is 58.4. The van der Waals surface area contributed by atoms with Gasteiger partial charge >= 0.3 is 12.3 Å². The molecule has 2 aromatic rings. The molecule has 0 spiro atoms. The molecule has 1 amide bonds. The van der Waals surface area contributed by atoms with Crippen molar-refractivity contribution in [3.63, 3.8) is 0 Å². The van der Waals surface area contributed by atoms with Gasteiger partial charge in [0.05, 0.1) is 6.61 Å². The summed E-state index contributed by atoms with van der Waals surface area (Å²) in [4.78, 5) is 27.7. The van der Waals surface area contributed by atoms with Crippen LogP contribution in [0.1, 0.15) is 56.5 Å². The smallest absolute Gasteiger partial charge is 0.411 e. The normalized spacial score (nSPS) is 18.1. The number of alkyl halides is 3. The van der Waals surface area contributed by atoms with E-state index in [0.717, 1.165) is 23.5 Å². The molecule has 2 aliphatic heterocycles. The standard InChI is InChI=1S/C26H31F3N2O5/c1-25(2,3)36-24(33)30-10-8-17(9-11-30)15-34-22-16-35-21(12-20(22)32)23(26(27,28)29)31-13-18-6-4-5-7-19(18)14-31/h4-7,12,16-17,23H,8-11,13-15H2,1-3H3. The van der Waals surface area contributed by atoms with Crippen LogP contribution < -0.4 is 10.2 Å². The van der Waals surface area contributed by atoms with Gasteiger partial charge < -0.3 is 18.8 Å². The lowest BCUT2D eigenvalue weighted by Gasteiger charge is -2.33. The Hall–Kier alpha value is -3.01. The zero-order chi connectivity index (χ0) is 26.1. The maximum atomic E-state index is 14.0. The molecule has 0 aliphatic carbocycles. The largest absolute Gasteiger partial charge is 0.486 e. The van der Waals surface area contributed by atoms with Crippen molar-refractivity contribution in [2.75, 3.05) is 19.7 Å². The SMILES string of the molecule is CC(C)(C)OC(=O)N1CCC(COc2coc(C(N3Cc4ccccc4C3)C(F)(F)F)cc2=O)CC1. The first-order valence-corrected chi connectivity index (χ1v) is 12.0. The van der Waals surface area contributed by atoms with Gasteiger partial charge in [-0.25, -0.2) is 4.79 Å². The number of piperidine rings is 1. The molecule has 196 valence electrons. The van der Waals surface area contributed by atoms with Crippen LogP contribution in [0.4, 0.5) is 18.0 Å². The molecule has 7 nitrogen and oxygen atoms in total. The van der Waals surface area contributed by atoms with Crippen molar-refractivity contribution >= 4 is 6.09 Å². The maximum absolute atomic E-state index is 14.0. The van der Waals surface area contributed by atoms with Gasteiger partial charge in [0.2, 0.25) is 11.2 Å². The zero-order valence-corrected chi connectivity index (χ0v) is 20.6. The van der Waals surface area contributed by atoms with Gasteiger partial charge in [0.25, 0.3) is 0 Å². The van der Waals surface area contributed by atoms with Crippen molar-refractivity contribution in [3.05, 3.63) is 63.7 Å². The highest BCUT2D eigenvalue weighted by atomic mass is 19.4. The van der Waals surface area contributed by atoms with E-state index in [1.807, 2.05) is 20.8 Å². The van der Waals surface area contributed by atoms with Crippen molar-refractivity contribution in [1.29, 1.82) is 0 Å². The predicted molar refractivity (Wildman–Crippen MR) is 125 cm³/mol. The Balaban J connectivity index is 1.36. The average Bonchev–Trinajstić information content (AvgIpc) is 3.20. The number of hydrogen-bond acceptors (Lipinski definition) is 6. The first kappa shape index (κ1) is 26.1. The first-order valence-electron chi connectivity index (χ1n) is 12.0. The van der Waals surface area contributed by atoms with Gasteiger partial charge in [-0.3, -0.25) is 9.69 Å². The number of halogens is 3. The number of hydrogen-bond donors (Lipinski definition) is 0. The lowest BCUT2D eigenvalue weighted by molar-refractivity contribution is -0.193. The van der Waals surface area contributed by atoms with Crippen LogP contribution in [0.15, 0.2) is 45.8 Å². The number of fused-ring (bicyclic) bond motifs is 1. The fourth-order valence-electron chi connectivity index (χ4n) is 4.57. The van der Waals surface area contributed by atoms with Crippen LogP contribution in [-0.4, -0.2) is 47.4 Å². The Morgan fingerprint density at radius 3 is 2.25 bits per heavy atom. The molecular formula is C26H31F3N2O5. The van der Waals surface area contributed by atoms with E-state index in [4.69, 9.17) is 13.9 Å². The van der Waals surface area contributed by atoms with Crippen molar-refractivity contribution in [2.45, 2.75) is 64.5 Å². The number of ether oxygens (including phenoxy) is 2. The second-order valence-electron chi connectivity index (χ2n) is 10.4. The number of carbonyl (C=O) groups excluding carboxylic acids is 1. The third-order valence-corrected chi connectivity index (χ3v) is 6.37. The zero-order valence-electron chi connectivity index (χ0n) is 20.6. The lowest BCUT2D eigenvalue weighted by atomic mass is 9.98. The van der Waals surface area contributed by atoms with E-state index in [0.29, 0.717) is 25.9 Å². The molecule has 1 fully saturated rings. The number of rotatable bonds is 5. The van der Waals surface area contributed by atoms with Gasteiger partial charge in [0.1, 0.15) is 17.6 Å². The predicted octanol–water partition coefficient (Wildman–Crippen LogP) is 5.28. The van der Waals surface area contributed by atoms with Crippen molar-refractivity contribution in [3.8, 4) is 5.75 Å². The minimum Gasteiger partial charge on any atom is -0.486 e. The minimum absolute atomic E-state index is 0.0915. The summed E-state index contributed by atoms with van der Waals surface area (Å²) in [6.45, 7) is 6.87. The molecule has 0 saturated carbocycles. The quantitative estimate of drug-likeness (QED) is 0.547. The molecule has 1 atom stereocenters. The highest BCUT2D eigenvalue weighted by Crippen LogP contribution is 2.41. The number of amides is 1. The molecule has 1 saturated heterocycles. The molecule has 36 heavy (non-hydrogen) atoms. The van der Waals surface area contributed by atoms with Gasteiger partial charge in [-0.15, -0.1) is 0 Å². The van der Waals surface area contributed by atoms with E-state index in [9.17, 15) is 22.8 Å². The van der Waals surface area contributed by atoms with E-state index in [-0.39, 0.29) is 37.5 Å². The fourth-order valence-corrected chi connectivity index (χ4v) is 4.57. The molecule has 3 heterocycles. The Bertz CT molecular complexity index is 1110. The summed E-state index contributed by atoms with van der Waals surface area (Å²) in [7, 11) is 0. The molecule has 1 unspecified atom stereocenters. The second-order valence-corrected chi connectivity index (χ2v) is 10.4. The molecule has 0 radical (unpaired) electrons. The van der Waals surface area contributed by atoms with Crippen LogP contribution >= 0.6 is 0 Å². The van der Waals surface area contributed by atoms with Crippen molar-refractivity contribution < 1.29 is 31.9 Å². The van der Waals surface area contributed by atoms with Gasteiger partial charge in [0, 0.05) is 32.2 Å². The van der Waals surface area contributed by atoms with Gasteiger partial charge in [-0.2, -0.15) is 13.2 Å². The second kappa shape index (κ2) is 10.2. The van der Waals surface area contributed by atoms with Crippen LogP contribution in [-0.2, 0) is 17.8 Å². The third-order valence-electron chi connectivity index (χ3n) is 6.37. The summed E-state index contributed by atoms with van der Waals surface area (Å²) >= 11 is 0. The molecule has 1 aromatic heterocycles. The van der Waals surface area contributed by atoms with E-state index in [2.05, 4.69) is 0 Å². The topological polar surface area (TPSA) is 72.2 Å². The van der Waals surface area contributed by atoms with Crippen LogP contribution in [0.5, 0.6) is 5.75 Å². The van der Waals surface area contributed by atoms with Crippen LogP contribution in [0.25, 0.3) is 0 Å². The molecule has 0 N–H and O–H groups in total. The molecule has 1 aromatic carbocycles. The van der Waals surface area contributed by atoms with Gasteiger partial charge in [-0.05, 0) is 50.7 Å². The number of benzene rings is 1. The van der Waals surface area contributed by atoms with E-state index in [1.54, 1.807) is 29.2 Å². The Morgan fingerprint density at radius 1 is 1.11 bits per heavy atom. The monoisotopic (exact) mass is 508 g/mol. The van der Waals surface area contributed by atoms with Crippen LogP contribution in [0, 0.1) is 5.92 Å². The fraction of sp³-hybridized carbons (Fsp3) is 0.538. The summed E-state index contributed by atoms with van der Waals surface area (Å²) in [6, 6.07) is 6.02.